The summed E-state index contributed by atoms with van der Waals surface area (Å²) in [6, 6.07) is 8.92. The zero-order valence-corrected chi connectivity index (χ0v) is 13.2. The second-order valence-corrected chi connectivity index (χ2v) is 5.37. The summed E-state index contributed by atoms with van der Waals surface area (Å²) in [4.78, 5) is 23.0. The van der Waals surface area contributed by atoms with Crippen molar-refractivity contribution in [3.8, 4) is 0 Å². The molecule has 122 valence electrons. The lowest BCUT2D eigenvalue weighted by Crippen LogP contribution is -2.45. The van der Waals surface area contributed by atoms with Gasteiger partial charge in [-0.1, -0.05) is 56.5 Å². The molecule has 0 aliphatic heterocycles. The average Bonchev–Trinajstić information content (AvgIpc) is 2.51. The van der Waals surface area contributed by atoms with Crippen molar-refractivity contribution >= 4 is 11.9 Å². The fraction of sp³-hybridized carbons (Fsp3) is 0.529. The van der Waals surface area contributed by atoms with Gasteiger partial charge in [0.2, 0.25) is 5.91 Å². The molecule has 5 heteroatoms. The predicted molar refractivity (Wildman–Crippen MR) is 86.5 cm³/mol. The van der Waals surface area contributed by atoms with Crippen LogP contribution in [0, 0.1) is 0 Å². The van der Waals surface area contributed by atoms with Crippen molar-refractivity contribution in [1.29, 1.82) is 0 Å². The Kier molecular flexibility index (Phi) is 8.91. The quantitative estimate of drug-likeness (QED) is 0.548. The molecule has 0 spiro atoms. The number of carbonyl (C=O) groups excluding carboxylic acids is 1. The Balaban J connectivity index is 2.41. The first-order valence-corrected chi connectivity index (χ1v) is 7.90. The number of rotatable bonds is 11. The van der Waals surface area contributed by atoms with Crippen LogP contribution in [0.2, 0.25) is 0 Å². The molecule has 0 bridgehead atoms. The largest absolute Gasteiger partial charge is 0.481 e. The fourth-order valence-corrected chi connectivity index (χ4v) is 2.16. The van der Waals surface area contributed by atoms with E-state index in [1.165, 1.54) is 0 Å². The van der Waals surface area contributed by atoms with E-state index in [4.69, 9.17) is 5.11 Å². The standard InChI is InChI=1S/C17H26N2O3/c1-2-3-4-8-11-18-17(22)15(12-16(20)21)19-13-14-9-6-5-7-10-14/h5-7,9-10,15,19H,2-4,8,11-13H2,1H3,(H,18,22)(H,20,21)/t15-/m0/s1. The van der Waals surface area contributed by atoms with E-state index in [-0.39, 0.29) is 12.3 Å². The van der Waals surface area contributed by atoms with Crippen LogP contribution in [0.3, 0.4) is 0 Å². The number of carboxylic acids is 1. The third-order valence-electron chi connectivity index (χ3n) is 3.42. The summed E-state index contributed by atoms with van der Waals surface area (Å²) >= 11 is 0. The molecule has 22 heavy (non-hydrogen) atoms. The molecule has 1 rings (SSSR count). The van der Waals surface area contributed by atoms with Gasteiger partial charge in [0.25, 0.3) is 0 Å². The number of hydrogen-bond acceptors (Lipinski definition) is 3. The predicted octanol–water partition coefficient (Wildman–Crippen LogP) is 2.32. The Morgan fingerprint density at radius 2 is 1.86 bits per heavy atom. The van der Waals surface area contributed by atoms with E-state index in [2.05, 4.69) is 17.6 Å². The summed E-state index contributed by atoms with van der Waals surface area (Å²) in [5.74, 6) is -1.22. The second kappa shape index (κ2) is 10.8. The molecule has 1 aromatic carbocycles. The maximum Gasteiger partial charge on any atom is 0.305 e. The topological polar surface area (TPSA) is 78.4 Å². The van der Waals surface area contributed by atoms with Crippen LogP contribution in [-0.2, 0) is 16.1 Å². The van der Waals surface area contributed by atoms with E-state index in [0.29, 0.717) is 13.1 Å². The highest BCUT2D eigenvalue weighted by Crippen LogP contribution is 2.01. The Morgan fingerprint density at radius 3 is 2.50 bits per heavy atom. The summed E-state index contributed by atoms with van der Waals surface area (Å²) < 4.78 is 0. The number of nitrogens with one attached hydrogen (secondary N) is 2. The lowest BCUT2D eigenvalue weighted by atomic mass is 10.1. The first-order valence-electron chi connectivity index (χ1n) is 7.90. The molecule has 5 nitrogen and oxygen atoms in total. The summed E-state index contributed by atoms with van der Waals surface area (Å²) in [6.07, 6.45) is 4.10. The van der Waals surface area contributed by atoms with Crippen LogP contribution in [-0.4, -0.2) is 29.6 Å². The summed E-state index contributed by atoms with van der Waals surface area (Å²) in [5, 5.41) is 14.8. The van der Waals surface area contributed by atoms with Gasteiger partial charge in [0.1, 0.15) is 0 Å². The van der Waals surface area contributed by atoms with Crippen molar-refractivity contribution in [1.82, 2.24) is 10.6 Å². The average molecular weight is 306 g/mol. The fourth-order valence-electron chi connectivity index (χ4n) is 2.16. The zero-order valence-electron chi connectivity index (χ0n) is 13.2. The first kappa shape index (κ1) is 18.2. The van der Waals surface area contributed by atoms with Crippen LogP contribution in [0.25, 0.3) is 0 Å². The normalized spacial score (nSPS) is 11.9. The van der Waals surface area contributed by atoms with E-state index in [0.717, 1.165) is 31.2 Å². The highest BCUT2D eigenvalue weighted by atomic mass is 16.4. The summed E-state index contributed by atoms with van der Waals surface area (Å²) in [5.41, 5.74) is 1.02. The van der Waals surface area contributed by atoms with Crippen LogP contribution in [0.1, 0.15) is 44.6 Å². The SMILES string of the molecule is CCCCCCNC(=O)[C@H](CC(=O)O)NCc1ccccc1. The molecule has 0 heterocycles. The van der Waals surface area contributed by atoms with E-state index < -0.39 is 12.0 Å². The molecule has 0 aliphatic rings. The van der Waals surface area contributed by atoms with Gasteiger partial charge in [-0.05, 0) is 12.0 Å². The monoisotopic (exact) mass is 306 g/mol. The van der Waals surface area contributed by atoms with Gasteiger partial charge >= 0.3 is 5.97 Å². The van der Waals surface area contributed by atoms with Gasteiger partial charge in [0, 0.05) is 13.1 Å². The lowest BCUT2D eigenvalue weighted by molar-refractivity contribution is -0.140. The molecule has 1 amide bonds. The smallest absolute Gasteiger partial charge is 0.305 e. The molecule has 0 aromatic heterocycles. The van der Waals surface area contributed by atoms with Crippen molar-refractivity contribution in [2.24, 2.45) is 0 Å². The van der Waals surface area contributed by atoms with Crippen molar-refractivity contribution in [2.75, 3.05) is 6.54 Å². The molecular weight excluding hydrogens is 280 g/mol. The van der Waals surface area contributed by atoms with E-state index in [1.807, 2.05) is 30.3 Å². The van der Waals surface area contributed by atoms with E-state index in [1.54, 1.807) is 0 Å². The second-order valence-electron chi connectivity index (χ2n) is 5.37. The lowest BCUT2D eigenvalue weighted by Gasteiger charge is -2.17. The van der Waals surface area contributed by atoms with Crippen molar-refractivity contribution < 1.29 is 14.7 Å². The molecular formula is C17H26N2O3. The number of carbonyl (C=O) groups is 2. The number of benzene rings is 1. The maximum absolute atomic E-state index is 12.1. The van der Waals surface area contributed by atoms with Crippen molar-refractivity contribution in [3.63, 3.8) is 0 Å². The molecule has 1 aromatic rings. The van der Waals surface area contributed by atoms with Gasteiger partial charge in [-0.25, -0.2) is 0 Å². The zero-order chi connectivity index (χ0) is 16.2. The van der Waals surface area contributed by atoms with Gasteiger partial charge in [0.05, 0.1) is 12.5 Å². The minimum atomic E-state index is -0.980. The van der Waals surface area contributed by atoms with Gasteiger partial charge in [-0.3, -0.25) is 9.59 Å². The number of amides is 1. The molecule has 1 atom stereocenters. The Hall–Kier alpha value is -1.88. The minimum absolute atomic E-state index is 0.215. The Bertz CT molecular complexity index is 448. The first-order chi connectivity index (χ1) is 10.6. The number of hydrogen-bond donors (Lipinski definition) is 3. The van der Waals surface area contributed by atoms with Crippen LogP contribution in [0.4, 0.5) is 0 Å². The molecule has 0 saturated heterocycles. The van der Waals surface area contributed by atoms with Crippen LogP contribution < -0.4 is 10.6 Å². The number of unbranched alkanes of at least 4 members (excludes halogenated alkanes) is 3. The van der Waals surface area contributed by atoms with Crippen molar-refractivity contribution in [2.45, 2.75) is 51.6 Å². The molecule has 0 radical (unpaired) electrons. The van der Waals surface area contributed by atoms with Gasteiger partial charge in [0.15, 0.2) is 0 Å². The molecule has 0 aliphatic carbocycles. The molecule has 3 N–H and O–H groups in total. The Labute approximate surface area is 132 Å². The van der Waals surface area contributed by atoms with Gasteiger partial charge in [-0.2, -0.15) is 0 Å². The van der Waals surface area contributed by atoms with Crippen LogP contribution in [0.5, 0.6) is 0 Å². The highest BCUT2D eigenvalue weighted by Gasteiger charge is 2.20. The number of aliphatic carboxylic acids is 1. The highest BCUT2D eigenvalue weighted by molar-refractivity contribution is 5.86. The molecule has 0 unspecified atom stereocenters. The van der Waals surface area contributed by atoms with Gasteiger partial charge < -0.3 is 15.7 Å². The molecule has 0 saturated carbocycles. The van der Waals surface area contributed by atoms with E-state index in [9.17, 15) is 9.59 Å². The van der Waals surface area contributed by atoms with Crippen molar-refractivity contribution in [3.05, 3.63) is 35.9 Å². The van der Waals surface area contributed by atoms with Crippen LogP contribution in [0.15, 0.2) is 30.3 Å². The van der Waals surface area contributed by atoms with E-state index >= 15 is 0 Å². The Morgan fingerprint density at radius 1 is 1.14 bits per heavy atom. The molecule has 0 fully saturated rings. The minimum Gasteiger partial charge on any atom is -0.481 e. The summed E-state index contributed by atoms with van der Waals surface area (Å²) in [7, 11) is 0. The summed E-state index contributed by atoms with van der Waals surface area (Å²) in [6.45, 7) is 3.21. The third-order valence-corrected chi connectivity index (χ3v) is 3.42. The van der Waals surface area contributed by atoms with Gasteiger partial charge in [-0.15, -0.1) is 0 Å². The maximum atomic E-state index is 12.1. The van der Waals surface area contributed by atoms with Crippen LogP contribution >= 0.6 is 0 Å². The number of carboxylic acid groups (broad SMARTS) is 1. The third kappa shape index (κ3) is 7.78.